The van der Waals surface area contributed by atoms with Crippen molar-refractivity contribution in [3.63, 3.8) is 0 Å². The molecule has 1 aliphatic heterocycles. The van der Waals surface area contributed by atoms with Crippen LogP contribution in [0.4, 0.5) is 0 Å². The van der Waals surface area contributed by atoms with Gasteiger partial charge in [0.05, 0.1) is 6.07 Å². The van der Waals surface area contributed by atoms with Gasteiger partial charge in [-0.05, 0) is 18.6 Å². The molecule has 1 aliphatic rings. The number of ether oxygens (including phenoxy) is 2. The number of para-hydroxylation sites is 2. The number of thioether (sulfide) groups is 1. The van der Waals surface area contributed by atoms with Crippen LogP contribution in [0.25, 0.3) is 0 Å². The molecule has 1 unspecified atom stereocenters. The number of benzene rings is 1. The number of hydrogen-bond donors (Lipinski definition) is 0. The lowest BCUT2D eigenvalue weighted by Crippen LogP contribution is -2.25. The quantitative estimate of drug-likeness (QED) is 0.436. The predicted molar refractivity (Wildman–Crippen MR) is 91.1 cm³/mol. The molecule has 2 aromatic rings. The zero-order chi connectivity index (χ0) is 16.8. The average molecular weight is 342 g/mol. The van der Waals surface area contributed by atoms with Crippen LogP contribution in [0.5, 0.6) is 11.5 Å². The number of nitriles is 1. The largest absolute Gasteiger partial charge is 0.485 e. The molecule has 1 aromatic heterocycles. The maximum atomic E-state index is 8.62. The molecule has 0 aliphatic carbocycles. The first-order valence-electron chi connectivity index (χ1n) is 7.75. The molecule has 1 aromatic carbocycles. The summed E-state index contributed by atoms with van der Waals surface area (Å²) in [5, 5.41) is 18.0. The summed E-state index contributed by atoms with van der Waals surface area (Å²) in [5.41, 5.74) is 0. The molecular weight excluding hydrogens is 324 g/mol. The van der Waals surface area contributed by atoms with Gasteiger partial charge in [0.2, 0.25) is 0 Å². The van der Waals surface area contributed by atoms with E-state index in [2.05, 4.69) is 22.8 Å². The minimum absolute atomic E-state index is 0.305. The Morgan fingerprint density at radius 3 is 3.00 bits per heavy atom. The molecule has 0 spiro atoms. The minimum Gasteiger partial charge on any atom is -0.485 e. The third-order valence-corrected chi connectivity index (χ3v) is 4.57. The van der Waals surface area contributed by atoms with Crippen LogP contribution < -0.4 is 9.47 Å². The molecule has 6 nitrogen and oxygen atoms in total. The van der Waals surface area contributed by atoms with Crippen LogP contribution in [0.15, 0.2) is 42.1 Å². The molecule has 1 atom stereocenters. The number of fused-ring (bicyclic) bond motifs is 1. The van der Waals surface area contributed by atoms with Crippen LogP contribution in [-0.2, 0) is 6.54 Å². The fourth-order valence-electron chi connectivity index (χ4n) is 2.41. The van der Waals surface area contributed by atoms with Gasteiger partial charge >= 0.3 is 0 Å². The molecule has 24 heavy (non-hydrogen) atoms. The molecule has 124 valence electrons. The van der Waals surface area contributed by atoms with Crippen LogP contribution in [0, 0.1) is 11.3 Å². The highest BCUT2D eigenvalue weighted by Gasteiger charge is 2.28. The third-order valence-electron chi connectivity index (χ3n) is 3.52. The van der Waals surface area contributed by atoms with E-state index in [0.717, 1.165) is 28.9 Å². The summed E-state index contributed by atoms with van der Waals surface area (Å²) < 4.78 is 13.8. The Labute approximate surface area is 145 Å². The van der Waals surface area contributed by atoms with Gasteiger partial charge < -0.3 is 9.47 Å². The molecule has 2 heterocycles. The summed E-state index contributed by atoms with van der Waals surface area (Å²) in [4.78, 5) is 0. The Balaban J connectivity index is 1.77. The highest BCUT2D eigenvalue weighted by Crippen LogP contribution is 2.36. The lowest BCUT2D eigenvalue weighted by Gasteiger charge is -2.26. The van der Waals surface area contributed by atoms with Gasteiger partial charge in [-0.25, -0.2) is 0 Å². The van der Waals surface area contributed by atoms with Crippen LogP contribution in [0.3, 0.4) is 0 Å². The highest BCUT2D eigenvalue weighted by molar-refractivity contribution is 7.99. The van der Waals surface area contributed by atoms with Gasteiger partial charge in [0, 0.05) is 18.7 Å². The Morgan fingerprint density at radius 2 is 2.21 bits per heavy atom. The van der Waals surface area contributed by atoms with E-state index < -0.39 is 0 Å². The Hall–Kier alpha value is -2.46. The molecule has 0 amide bonds. The second-order valence-electron chi connectivity index (χ2n) is 5.21. The van der Waals surface area contributed by atoms with Crippen molar-refractivity contribution < 1.29 is 9.47 Å². The predicted octanol–water partition coefficient (Wildman–Crippen LogP) is 3.37. The summed E-state index contributed by atoms with van der Waals surface area (Å²) >= 11 is 1.59. The topological polar surface area (TPSA) is 73.0 Å². The van der Waals surface area contributed by atoms with E-state index in [0.29, 0.717) is 25.3 Å². The minimum atomic E-state index is -0.305. The summed E-state index contributed by atoms with van der Waals surface area (Å²) in [6.07, 6.45) is 2.88. The van der Waals surface area contributed by atoms with Crippen molar-refractivity contribution >= 4 is 11.8 Å². The number of allylic oxidation sites excluding steroid dienone is 1. The molecule has 0 saturated carbocycles. The zero-order valence-corrected chi connectivity index (χ0v) is 14.0. The third kappa shape index (κ3) is 3.54. The molecule has 3 rings (SSSR count). The van der Waals surface area contributed by atoms with Crippen LogP contribution >= 0.6 is 11.8 Å². The van der Waals surface area contributed by atoms with Gasteiger partial charge in [-0.15, -0.1) is 16.8 Å². The van der Waals surface area contributed by atoms with E-state index in [-0.39, 0.29) is 6.10 Å². The lowest BCUT2D eigenvalue weighted by molar-refractivity contribution is 0.0821. The van der Waals surface area contributed by atoms with E-state index in [1.165, 1.54) is 0 Å². The van der Waals surface area contributed by atoms with E-state index >= 15 is 0 Å². The maximum Gasteiger partial charge on any atom is 0.192 e. The monoisotopic (exact) mass is 342 g/mol. The SMILES string of the molecule is C=CCn1c(SCCCC#N)nnc1C1COc2ccccc2O1. The van der Waals surface area contributed by atoms with E-state index in [9.17, 15) is 0 Å². The molecule has 0 radical (unpaired) electrons. The van der Waals surface area contributed by atoms with Crippen molar-refractivity contribution in [1.82, 2.24) is 14.8 Å². The first-order valence-corrected chi connectivity index (χ1v) is 8.74. The number of unbranched alkanes of at least 4 members (excludes halogenated alkanes) is 1. The fourth-order valence-corrected chi connectivity index (χ4v) is 3.30. The van der Waals surface area contributed by atoms with Gasteiger partial charge in [-0.1, -0.05) is 30.0 Å². The highest BCUT2D eigenvalue weighted by atomic mass is 32.2. The Kier molecular flexibility index (Phi) is 5.39. The van der Waals surface area contributed by atoms with E-state index in [1.807, 2.05) is 34.9 Å². The first-order chi connectivity index (χ1) is 11.8. The maximum absolute atomic E-state index is 8.62. The van der Waals surface area contributed by atoms with Crippen molar-refractivity contribution in [2.75, 3.05) is 12.4 Å². The lowest BCUT2D eigenvalue weighted by atomic mass is 10.2. The Morgan fingerprint density at radius 1 is 1.38 bits per heavy atom. The van der Waals surface area contributed by atoms with Crippen LogP contribution in [-0.4, -0.2) is 27.1 Å². The summed E-state index contributed by atoms with van der Waals surface area (Å²) in [6.45, 7) is 4.80. The number of hydrogen-bond acceptors (Lipinski definition) is 6. The van der Waals surface area contributed by atoms with E-state index in [4.69, 9.17) is 14.7 Å². The molecule has 0 bridgehead atoms. The summed E-state index contributed by atoms with van der Waals surface area (Å²) in [7, 11) is 0. The second kappa shape index (κ2) is 7.88. The van der Waals surface area contributed by atoms with Crippen molar-refractivity contribution in [2.24, 2.45) is 0 Å². The molecular formula is C17H18N4O2S. The van der Waals surface area contributed by atoms with Crippen molar-refractivity contribution in [3.05, 3.63) is 42.7 Å². The standard InChI is InChI=1S/C17H18N4O2S/c1-2-10-21-16(19-20-17(21)24-11-6-5-9-18)15-12-22-13-7-3-4-8-14(13)23-15/h2-4,7-8,15H,1,5-6,10-12H2. The van der Waals surface area contributed by atoms with Crippen molar-refractivity contribution in [2.45, 2.75) is 30.6 Å². The second-order valence-corrected chi connectivity index (χ2v) is 6.28. The van der Waals surface area contributed by atoms with E-state index in [1.54, 1.807) is 11.8 Å². The summed E-state index contributed by atoms with van der Waals surface area (Å²) in [5.74, 6) is 3.01. The first kappa shape index (κ1) is 16.4. The van der Waals surface area contributed by atoms with Gasteiger partial charge in [-0.3, -0.25) is 4.57 Å². The molecule has 0 saturated heterocycles. The molecule has 7 heteroatoms. The normalized spacial score (nSPS) is 15.7. The van der Waals surface area contributed by atoms with Crippen molar-refractivity contribution in [1.29, 1.82) is 5.26 Å². The number of rotatable bonds is 7. The fraction of sp³-hybridized carbons (Fsp3) is 0.353. The number of aromatic nitrogens is 3. The zero-order valence-electron chi connectivity index (χ0n) is 13.2. The van der Waals surface area contributed by atoms with Gasteiger partial charge in [0.1, 0.15) is 6.61 Å². The molecule has 0 fully saturated rings. The van der Waals surface area contributed by atoms with Crippen LogP contribution in [0.2, 0.25) is 0 Å². The van der Waals surface area contributed by atoms with Crippen molar-refractivity contribution in [3.8, 4) is 17.6 Å². The smallest absolute Gasteiger partial charge is 0.192 e. The van der Waals surface area contributed by atoms with Gasteiger partial charge in [0.15, 0.2) is 28.6 Å². The van der Waals surface area contributed by atoms with Gasteiger partial charge in [-0.2, -0.15) is 5.26 Å². The number of nitrogens with zero attached hydrogens (tertiary/aromatic N) is 4. The van der Waals surface area contributed by atoms with Crippen LogP contribution in [0.1, 0.15) is 24.8 Å². The molecule has 0 N–H and O–H groups in total. The average Bonchev–Trinajstić information content (AvgIpc) is 3.01. The Bertz CT molecular complexity index is 753. The van der Waals surface area contributed by atoms with Gasteiger partial charge in [0.25, 0.3) is 0 Å². The summed E-state index contributed by atoms with van der Waals surface area (Å²) in [6, 6.07) is 9.75.